The number of nitrogens with zero attached hydrogens (tertiary/aromatic N) is 3. The van der Waals surface area contributed by atoms with Crippen LogP contribution in [0.25, 0.3) is 0 Å². The minimum Gasteiger partial charge on any atom is -0.459 e. The molecule has 0 saturated carbocycles. The number of carbonyl (C=O) groups excluding carboxylic acids is 1. The molecule has 1 aliphatic heterocycles. The van der Waals surface area contributed by atoms with Crippen LogP contribution in [0.15, 0.2) is 27.8 Å². The van der Waals surface area contributed by atoms with Crippen molar-refractivity contribution < 1.29 is 17.6 Å². The first-order chi connectivity index (χ1) is 10.9. The molecule has 0 unspecified atom stereocenters. The second kappa shape index (κ2) is 7.49. The van der Waals surface area contributed by atoms with Gasteiger partial charge in [-0.3, -0.25) is 9.79 Å². The van der Waals surface area contributed by atoms with Crippen molar-refractivity contribution in [2.75, 3.05) is 51.8 Å². The Balaban J connectivity index is 1.84. The van der Waals surface area contributed by atoms with Crippen LogP contribution in [0.4, 0.5) is 0 Å². The van der Waals surface area contributed by atoms with Gasteiger partial charge in [0.25, 0.3) is 5.91 Å². The highest BCUT2D eigenvalue weighted by Gasteiger charge is 2.25. The predicted octanol–water partition coefficient (Wildman–Crippen LogP) is -0.343. The molecule has 2 rings (SSSR count). The Kier molecular flexibility index (Phi) is 5.64. The molecular weight excluding hydrogens is 320 g/mol. The number of piperazine rings is 1. The summed E-state index contributed by atoms with van der Waals surface area (Å²) in [4.78, 5) is 20.1. The number of guanidine groups is 1. The Morgan fingerprint density at radius 3 is 2.48 bits per heavy atom. The number of amides is 1. The molecule has 0 radical (unpaired) electrons. The summed E-state index contributed by atoms with van der Waals surface area (Å²) in [7, 11) is -1.35. The molecule has 9 heteroatoms. The minimum absolute atomic E-state index is 0.0585. The fraction of sp³-hybridized carbons (Fsp3) is 0.571. The maximum Gasteiger partial charge on any atom is 0.289 e. The lowest BCUT2D eigenvalue weighted by Gasteiger charge is -2.36. The van der Waals surface area contributed by atoms with Gasteiger partial charge in [-0.15, -0.1) is 0 Å². The predicted molar refractivity (Wildman–Crippen MR) is 87.3 cm³/mol. The van der Waals surface area contributed by atoms with Crippen LogP contribution in [-0.4, -0.2) is 81.9 Å². The van der Waals surface area contributed by atoms with Gasteiger partial charge < -0.3 is 19.5 Å². The lowest BCUT2D eigenvalue weighted by atomic mass is 10.3. The van der Waals surface area contributed by atoms with Crippen LogP contribution >= 0.6 is 0 Å². The third kappa shape index (κ3) is 4.98. The van der Waals surface area contributed by atoms with E-state index in [0.717, 1.165) is 0 Å². The quantitative estimate of drug-likeness (QED) is 0.594. The van der Waals surface area contributed by atoms with Gasteiger partial charge in [0.15, 0.2) is 11.7 Å². The van der Waals surface area contributed by atoms with E-state index >= 15 is 0 Å². The van der Waals surface area contributed by atoms with Crippen molar-refractivity contribution in [1.82, 2.24) is 15.1 Å². The van der Waals surface area contributed by atoms with Crippen molar-refractivity contribution in [2.24, 2.45) is 4.99 Å². The number of aliphatic imine (C=N–C) groups is 1. The summed E-state index contributed by atoms with van der Waals surface area (Å²) in [5, 5.41) is 3.04. The number of nitrogens with one attached hydrogen (secondary N) is 1. The zero-order valence-electron chi connectivity index (χ0n) is 13.4. The second-order valence-electron chi connectivity index (χ2n) is 5.36. The van der Waals surface area contributed by atoms with Crippen molar-refractivity contribution in [2.45, 2.75) is 0 Å². The third-order valence-electron chi connectivity index (χ3n) is 3.57. The van der Waals surface area contributed by atoms with Crippen LogP contribution in [0.2, 0.25) is 0 Å². The lowest BCUT2D eigenvalue weighted by molar-refractivity contribution is 0.0658. The monoisotopic (exact) mass is 342 g/mol. The number of furan rings is 1. The molecule has 0 aromatic carbocycles. The molecule has 23 heavy (non-hydrogen) atoms. The van der Waals surface area contributed by atoms with Gasteiger partial charge in [0.05, 0.1) is 12.0 Å². The van der Waals surface area contributed by atoms with Crippen molar-refractivity contribution >= 4 is 21.7 Å². The molecule has 8 nitrogen and oxygen atoms in total. The van der Waals surface area contributed by atoms with E-state index in [1.807, 2.05) is 4.90 Å². The molecule has 2 heterocycles. The number of rotatable bonds is 4. The molecule has 0 aliphatic carbocycles. The van der Waals surface area contributed by atoms with Crippen LogP contribution in [0.3, 0.4) is 0 Å². The van der Waals surface area contributed by atoms with E-state index in [1.54, 1.807) is 24.1 Å². The maximum absolute atomic E-state index is 12.2. The highest BCUT2D eigenvalue weighted by atomic mass is 32.2. The molecule has 0 atom stereocenters. The first-order valence-electron chi connectivity index (χ1n) is 7.37. The van der Waals surface area contributed by atoms with Crippen molar-refractivity contribution in [3.05, 3.63) is 24.2 Å². The second-order valence-corrected chi connectivity index (χ2v) is 7.62. The fourth-order valence-electron chi connectivity index (χ4n) is 2.36. The summed E-state index contributed by atoms with van der Waals surface area (Å²) in [6.45, 7) is 2.70. The Bertz CT molecular complexity index is 646. The highest BCUT2D eigenvalue weighted by molar-refractivity contribution is 7.90. The van der Waals surface area contributed by atoms with E-state index < -0.39 is 9.84 Å². The average Bonchev–Trinajstić information content (AvgIpc) is 3.04. The molecule has 1 fully saturated rings. The van der Waals surface area contributed by atoms with Crippen molar-refractivity contribution in [1.29, 1.82) is 0 Å². The van der Waals surface area contributed by atoms with E-state index in [0.29, 0.717) is 44.4 Å². The van der Waals surface area contributed by atoms with Gasteiger partial charge in [0.2, 0.25) is 0 Å². The SMILES string of the molecule is CN=C(NCCS(C)(=O)=O)N1CCN(C(=O)c2ccco2)CC1. The lowest BCUT2D eigenvalue weighted by Crippen LogP contribution is -2.54. The van der Waals surface area contributed by atoms with Gasteiger partial charge in [0, 0.05) is 46.0 Å². The summed E-state index contributed by atoms with van der Waals surface area (Å²) in [5.41, 5.74) is 0. The zero-order valence-corrected chi connectivity index (χ0v) is 14.2. The topological polar surface area (TPSA) is 95.2 Å². The standard InChI is InChI=1S/C14H22N4O4S/c1-15-14(16-5-11-23(2,20)21)18-8-6-17(7-9-18)13(19)12-4-3-10-22-12/h3-4,10H,5-9,11H2,1-2H3,(H,15,16). The van der Waals surface area contributed by atoms with Gasteiger partial charge in [0.1, 0.15) is 9.84 Å². The van der Waals surface area contributed by atoms with Crippen LogP contribution in [0.1, 0.15) is 10.6 Å². The number of carbonyl (C=O) groups is 1. The first-order valence-corrected chi connectivity index (χ1v) is 9.43. The number of hydrogen-bond acceptors (Lipinski definition) is 5. The number of hydrogen-bond donors (Lipinski definition) is 1. The molecular formula is C14H22N4O4S. The van der Waals surface area contributed by atoms with Crippen LogP contribution < -0.4 is 5.32 Å². The number of sulfone groups is 1. The minimum atomic E-state index is -3.00. The Morgan fingerprint density at radius 1 is 1.30 bits per heavy atom. The van der Waals surface area contributed by atoms with Crippen molar-refractivity contribution in [3.8, 4) is 0 Å². The molecule has 1 N–H and O–H groups in total. The highest BCUT2D eigenvalue weighted by Crippen LogP contribution is 2.09. The molecule has 0 bridgehead atoms. The summed E-state index contributed by atoms with van der Waals surface area (Å²) in [6, 6.07) is 3.34. The van der Waals surface area contributed by atoms with Gasteiger partial charge in [-0.25, -0.2) is 8.42 Å². The Hall–Kier alpha value is -2.03. The van der Waals surface area contributed by atoms with Crippen molar-refractivity contribution in [3.63, 3.8) is 0 Å². The Labute approximate surface area is 136 Å². The molecule has 1 aromatic heterocycles. The summed E-state index contributed by atoms with van der Waals surface area (Å²) in [6.07, 6.45) is 2.69. The largest absolute Gasteiger partial charge is 0.459 e. The molecule has 1 aromatic rings. The average molecular weight is 342 g/mol. The van der Waals surface area contributed by atoms with E-state index in [4.69, 9.17) is 4.42 Å². The normalized spacial score (nSPS) is 16.5. The summed E-state index contributed by atoms with van der Waals surface area (Å²) < 4.78 is 27.5. The first kappa shape index (κ1) is 17.3. The summed E-state index contributed by atoms with van der Waals surface area (Å²) in [5.74, 6) is 0.936. The fourth-order valence-corrected chi connectivity index (χ4v) is 2.83. The van der Waals surface area contributed by atoms with Crippen LogP contribution in [-0.2, 0) is 9.84 Å². The molecule has 128 valence electrons. The third-order valence-corrected chi connectivity index (χ3v) is 4.51. The van der Waals surface area contributed by atoms with E-state index in [9.17, 15) is 13.2 Å². The van der Waals surface area contributed by atoms with Crippen LogP contribution in [0.5, 0.6) is 0 Å². The van der Waals surface area contributed by atoms with Gasteiger partial charge in [-0.05, 0) is 12.1 Å². The Morgan fingerprint density at radius 2 is 1.96 bits per heavy atom. The van der Waals surface area contributed by atoms with Crippen LogP contribution in [0, 0.1) is 0 Å². The van der Waals surface area contributed by atoms with Gasteiger partial charge in [-0.2, -0.15) is 0 Å². The summed E-state index contributed by atoms with van der Waals surface area (Å²) >= 11 is 0. The van der Waals surface area contributed by atoms with E-state index in [1.165, 1.54) is 12.5 Å². The van der Waals surface area contributed by atoms with E-state index in [2.05, 4.69) is 10.3 Å². The molecule has 0 spiro atoms. The molecule has 1 aliphatic rings. The smallest absolute Gasteiger partial charge is 0.289 e. The zero-order chi connectivity index (χ0) is 16.9. The van der Waals surface area contributed by atoms with E-state index in [-0.39, 0.29) is 11.7 Å². The van der Waals surface area contributed by atoms with Gasteiger partial charge >= 0.3 is 0 Å². The molecule has 1 amide bonds. The van der Waals surface area contributed by atoms with Gasteiger partial charge in [-0.1, -0.05) is 0 Å². The molecule has 1 saturated heterocycles. The maximum atomic E-state index is 12.2.